The number of nitrogens with zero attached hydrogens (tertiary/aromatic N) is 1. The third-order valence-electron chi connectivity index (χ3n) is 6.31. The lowest BCUT2D eigenvalue weighted by Crippen LogP contribution is -2.31. The predicted octanol–water partition coefficient (Wildman–Crippen LogP) is 6.29. The Morgan fingerprint density at radius 1 is 1.00 bits per heavy atom. The molecule has 5 rings (SSSR count). The fraction of sp³-hybridized carbons (Fsp3) is 0.172. The zero-order valence-electron chi connectivity index (χ0n) is 20.9. The zero-order chi connectivity index (χ0) is 27.0. The highest BCUT2D eigenvalue weighted by Crippen LogP contribution is 2.44. The highest BCUT2D eigenvalue weighted by Gasteiger charge is 2.45. The number of methoxy groups -OCH3 is 2. The molecule has 3 aromatic carbocycles. The number of benzene rings is 3. The molecule has 8 nitrogen and oxygen atoms in total. The summed E-state index contributed by atoms with van der Waals surface area (Å²) in [6, 6.07) is 17.5. The van der Waals surface area contributed by atoms with E-state index >= 15 is 0 Å². The van der Waals surface area contributed by atoms with Crippen LogP contribution >= 0.6 is 11.6 Å². The van der Waals surface area contributed by atoms with Crippen LogP contribution in [0.2, 0.25) is 5.02 Å². The first-order valence-electron chi connectivity index (χ1n) is 11.8. The minimum absolute atomic E-state index is 0.0413. The Labute approximate surface area is 223 Å². The molecule has 194 valence electrons. The number of ether oxygens (including phenoxy) is 3. The Kier molecular flexibility index (Phi) is 6.73. The number of amides is 1. The summed E-state index contributed by atoms with van der Waals surface area (Å²) in [5, 5.41) is 12.2. The van der Waals surface area contributed by atoms with Gasteiger partial charge in [-0.25, -0.2) is 0 Å². The van der Waals surface area contributed by atoms with Gasteiger partial charge in [0.2, 0.25) is 5.78 Å². The minimum atomic E-state index is -0.989. The lowest BCUT2D eigenvalue weighted by Gasteiger charge is -2.27. The number of ketones is 1. The largest absolute Gasteiger partial charge is 0.503 e. The second-order valence-corrected chi connectivity index (χ2v) is 8.91. The molecule has 1 unspecified atom stereocenters. The van der Waals surface area contributed by atoms with Gasteiger partial charge in [0.15, 0.2) is 34.4 Å². The summed E-state index contributed by atoms with van der Waals surface area (Å²) in [7, 11) is 3.02. The quantitative estimate of drug-likeness (QED) is 0.266. The van der Waals surface area contributed by atoms with E-state index in [0.29, 0.717) is 51.1 Å². The first kappa shape index (κ1) is 25.2. The Balaban J connectivity index is 1.68. The van der Waals surface area contributed by atoms with Crippen molar-refractivity contribution in [3.8, 4) is 17.2 Å². The summed E-state index contributed by atoms with van der Waals surface area (Å²) < 4.78 is 22.4. The van der Waals surface area contributed by atoms with Gasteiger partial charge in [-0.15, -0.1) is 0 Å². The molecule has 0 aliphatic carbocycles. The number of carbonyl (C=O) groups is 2. The second-order valence-electron chi connectivity index (χ2n) is 8.48. The zero-order valence-corrected chi connectivity index (χ0v) is 21.6. The number of Topliss-reactive ketones (excluding diaryl/α,β-unsaturated/α-hetero) is 1. The molecule has 1 amide bonds. The smallest absolute Gasteiger partial charge is 0.294 e. The van der Waals surface area contributed by atoms with Crippen LogP contribution in [0.15, 0.2) is 82.5 Å². The van der Waals surface area contributed by atoms with E-state index in [0.717, 1.165) is 0 Å². The number of furan rings is 1. The molecule has 0 bridgehead atoms. The second kappa shape index (κ2) is 10.1. The van der Waals surface area contributed by atoms with Gasteiger partial charge in [-0.05, 0) is 61.0 Å². The van der Waals surface area contributed by atoms with Crippen molar-refractivity contribution in [2.75, 3.05) is 25.7 Å². The van der Waals surface area contributed by atoms with E-state index in [1.807, 2.05) is 6.92 Å². The highest BCUT2D eigenvalue weighted by atomic mass is 35.5. The van der Waals surface area contributed by atoms with E-state index in [2.05, 4.69) is 0 Å². The van der Waals surface area contributed by atoms with Gasteiger partial charge < -0.3 is 23.7 Å². The molecule has 1 aromatic heterocycles. The molecular weight excluding hydrogens is 510 g/mol. The average Bonchev–Trinajstić information content (AvgIpc) is 3.48. The summed E-state index contributed by atoms with van der Waals surface area (Å²) in [5.41, 5.74) is 1.23. The Hall–Kier alpha value is -4.43. The van der Waals surface area contributed by atoms with Gasteiger partial charge in [-0.2, -0.15) is 0 Å². The topological polar surface area (TPSA) is 98.4 Å². The molecule has 2 heterocycles. The summed E-state index contributed by atoms with van der Waals surface area (Å²) in [6.07, 6.45) is 0. The standard InChI is InChI=1S/C29H24ClNO7/c1-4-37-22-14-16(8-13-20(22)35-2)25-24(27(33)29(34)31(25)19-11-9-18(30)10-12-19)26(32)23-15-17-6-5-7-21(36-3)28(17)38-23/h5-15,25,33H,4H2,1-3H3. The predicted molar refractivity (Wildman–Crippen MR) is 143 cm³/mol. The van der Waals surface area contributed by atoms with Crippen molar-refractivity contribution in [2.24, 2.45) is 0 Å². The lowest BCUT2D eigenvalue weighted by atomic mass is 9.94. The number of para-hydroxylation sites is 1. The van der Waals surface area contributed by atoms with Crippen LogP contribution in [0.4, 0.5) is 5.69 Å². The van der Waals surface area contributed by atoms with Gasteiger partial charge in [0, 0.05) is 16.1 Å². The molecule has 1 aliphatic rings. The van der Waals surface area contributed by atoms with Crippen molar-refractivity contribution in [3.63, 3.8) is 0 Å². The van der Waals surface area contributed by atoms with Crippen LogP contribution in [0.3, 0.4) is 0 Å². The number of fused-ring (bicyclic) bond motifs is 1. The Morgan fingerprint density at radius 3 is 2.42 bits per heavy atom. The monoisotopic (exact) mass is 533 g/mol. The molecule has 4 aromatic rings. The van der Waals surface area contributed by atoms with Gasteiger partial charge in [-0.3, -0.25) is 14.5 Å². The third kappa shape index (κ3) is 4.22. The molecule has 0 radical (unpaired) electrons. The summed E-state index contributed by atoms with van der Waals surface area (Å²) >= 11 is 6.08. The van der Waals surface area contributed by atoms with Crippen LogP contribution in [0.1, 0.15) is 29.1 Å². The lowest BCUT2D eigenvalue weighted by molar-refractivity contribution is -0.117. The van der Waals surface area contributed by atoms with Crippen molar-refractivity contribution in [1.29, 1.82) is 0 Å². The molecule has 0 saturated heterocycles. The molecule has 1 N–H and O–H groups in total. The van der Waals surface area contributed by atoms with E-state index in [4.69, 9.17) is 30.2 Å². The molecule has 1 atom stereocenters. The Bertz CT molecular complexity index is 1570. The van der Waals surface area contributed by atoms with E-state index < -0.39 is 23.5 Å². The summed E-state index contributed by atoms with van der Waals surface area (Å²) in [5.74, 6) is -0.701. The van der Waals surface area contributed by atoms with Gasteiger partial charge in [-0.1, -0.05) is 29.8 Å². The highest BCUT2D eigenvalue weighted by molar-refractivity contribution is 6.30. The number of halogens is 1. The SMILES string of the molecule is CCOc1cc(C2C(C(=O)c3cc4cccc(OC)c4o3)=C(O)C(=O)N2c2ccc(Cl)cc2)ccc1OC. The van der Waals surface area contributed by atoms with E-state index in [9.17, 15) is 14.7 Å². The fourth-order valence-electron chi connectivity index (χ4n) is 4.59. The van der Waals surface area contributed by atoms with E-state index in [1.165, 1.54) is 19.1 Å². The van der Waals surface area contributed by atoms with Gasteiger partial charge >= 0.3 is 0 Å². The molecule has 0 saturated carbocycles. The number of rotatable bonds is 8. The molecular formula is C29H24ClNO7. The molecule has 1 aliphatic heterocycles. The van der Waals surface area contributed by atoms with Crippen LogP contribution in [-0.4, -0.2) is 37.6 Å². The van der Waals surface area contributed by atoms with Gasteiger partial charge in [0.25, 0.3) is 5.91 Å². The number of hydrogen-bond donors (Lipinski definition) is 1. The van der Waals surface area contributed by atoms with E-state index in [-0.39, 0.29) is 11.3 Å². The van der Waals surface area contributed by atoms with Crippen LogP contribution in [-0.2, 0) is 4.79 Å². The maximum Gasteiger partial charge on any atom is 0.294 e. The third-order valence-corrected chi connectivity index (χ3v) is 6.56. The number of hydrogen-bond acceptors (Lipinski definition) is 7. The first-order valence-corrected chi connectivity index (χ1v) is 12.2. The van der Waals surface area contributed by atoms with Crippen LogP contribution in [0, 0.1) is 0 Å². The first-order chi connectivity index (χ1) is 18.4. The molecule has 38 heavy (non-hydrogen) atoms. The summed E-state index contributed by atoms with van der Waals surface area (Å²) in [4.78, 5) is 28.7. The van der Waals surface area contributed by atoms with Gasteiger partial charge in [0.1, 0.15) is 0 Å². The van der Waals surface area contributed by atoms with Crippen LogP contribution in [0.5, 0.6) is 17.2 Å². The minimum Gasteiger partial charge on any atom is -0.503 e. The van der Waals surface area contributed by atoms with E-state index in [1.54, 1.807) is 66.7 Å². The molecule has 9 heteroatoms. The average molecular weight is 534 g/mol. The van der Waals surface area contributed by atoms with Crippen molar-refractivity contribution < 1.29 is 33.3 Å². The number of carbonyl (C=O) groups excluding carboxylic acids is 2. The molecule has 0 spiro atoms. The van der Waals surface area contributed by atoms with Crippen LogP contribution in [0.25, 0.3) is 11.0 Å². The maximum absolute atomic E-state index is 13.9. The number of aliphatic hydroxyl groups excluding tert-OH is 1. The Morgan fingerprint density at radius 2 is 1.74 bits per heavy atom. The van der Waals surface area contributed by atoms with Crippen molar-refractivity contribution in [2.45, 2.75) is 13.0 Å². The van der Waals surface area contributed by atoms with Crippen molar-refractivity contribution >= 4 is 39.9 Å². The van der Waals surface area contributed by atoms with Crippen LogP contribution < -0.4 is 19.1 Å². The summed E-state index contributed by atoms with van der Waals surface area (Å²) in [6.45, 7) is 2.21. The van der Waals surface area contributed by atoms with Crippen molar-refractivity contribution in [3.05, 3.63) is 94.4 Å². The molecule has 0 fully saturated rings. The normalized spacial score (nSPS) is 15.3. The van der Waals surface area contributed by atoms with Gasteiger partial charge in [0.05, 0.1) is 32.4 Å². The number of anilines is 1. The van der Waals surface area contributed by atoms with Crippen molar-refractivity contribution in [1.82, 2.24) is 0 Å². The number of aliphatic hydroxyl groups is 1. The maximum atomic E-state index is 13.9. The fourth-order valence-corrected chi connectivity index (χ4v) is 4.72.